The van der Waals surface area contributed by atoms with Gasteiger partial charge in [0.2, 0.25) is 0 Å². The zero-order chi connectivity index (χ0) is 20.1. The summed E-state index contributed by atoms with van der Waals surface area (Å²) in [6.45, 7) is 1.75. The number of amides is 1. The minimum atomic E-state index is -1.39. The highest BCUT2D eigenvalue weighted by molar-refractivity contribution is 8.00. The third-order valence-corrected chi connectivity index (χ3v) is 5.89. The van der Waals surface area contributed by atoms with Crippen LogP contribution < -0.4 is 16.4 Å². The number of nitrogens with two attached hydrogens (primary N) is 1. The Morgan fingerprint density at radius 3 is 2.70 bits per heavy atom. The van der Waals surface area contributed by atoms with Gasteiger partial charge < -0.3 is 26.1 Å². The number of thioether (sulfide) groups is 1. The van der Waals surface area contributed by atoms with Gasteiger partial charge in [-0.05, 0) is 11.7 Å². The van der Waals surface area contributed by atoms with Crippen LogP contribution >= 0.6 is 23.1 Å². The van der Waals surface area contributed by atoms with Crippen molar-refractivity contribution >= 4 is 51.8 Å². The van der Waals surface area contributed by atoms with E-state index >= 15 is 0 Å². The van der Waals surface area contributed by atoms with E-state index in [2.05, 4.69) is 25.6 Å². The first-order valence-corrected chi connectivity index (χ1v) is 9.64. The molecule has 148 valence electrons. The lowest BCUT2D eigenvalue weighted by atomic mass is 10.0. The van der Waals surface area contributed by atoms with E-state index in [9.17, 15) is 24.6 Å². The molecule has 0 unspecified atom stereocenters. The quantitative estimate of drug-likeness (QED) is 0.284. The molecule has 6 N–H and O–H groups in total. The molecule has 1 aliphatic heterocycles. The van der Waals surface area contributed by atoms with Crippen molar-refractivity contribution in [3.63, 3.8) is 0 Å². The molecule has 4 atom stereocenters. The van der Waals surface area contributed by atoms with Gasteiger partial charge in [-0.15, -0.1) is 23.1 Å². The van der Waals surface area contributed by atoms with Crippen LogP contribution in [0.5, 0.6) is 0 Å². The lowest BCUT2D eigenvalue weighted by molar-refractivity contribution is -0.143. The third-order valence-electron chi connectivity index (χ3n) is 3.74. The fourth-order valence-corrected chi connectivity index (χ4v) is 4.29. The summed E-state index contributed by atoms with van der Waals surface area (Å²) in [5, 5.41) is 28.4. The summed E-state index contributed by atoms with van der Waals surface area (Å²) in [4.78, 5) is 44.2. The Labute approximate surface area is 162 Å². The molecule has 0 spiro atoms. The van der Waals surface area contributed by atoms with Crippen LogP contribution in [0, 0.1) is 5.92 Å². The van der Waals surface area contributed by atoms with E-state index in [0.29, 0.717) is 5.75 Å². The van der Waals surface area contributed by atoms with Crippen molar-refractivity contribution in [3.05, 3.63) is 11.1 Å². The lowest BCUT2D eigenvalue weighted by Gasteiger charge is -2.35. The van der Waals surface area contributed by atoms with Crippen LogP contribution in [0.2, 0.25) is 0 Å². The van der Waals surface area contributed by atoms with Crippen molar-refractivity contribution in [1.82, 2.24) is 15.6 Å². The van der Waals surface area contributed by atoms with Gasteiger partial charge in [0.05, 0.1) is 5.37 Å². The molecule has 27 heavy (non-hydrogen) atoms. The zero-order valence-electron chi connectivity index (χ0n) is 14.4. The van der Waals surface area contributed by atoms with E-state index in [4.69, 9.17) is 5.73 Å². The molecule has 1 fully saturated rings. The molecule has 0 radical (unpaired) electrons. The van der Waals surface area contributed by atoms with Crippen molar-refractivity contribution in [2.45, 2.75) is 24.4 Å². The van der Waals surface area contributed by atoms with Crippen LogP contribution in [0.3, 0.4) is 0 Å². The Morgan fingerprint density at radius 2 is 2.19 bits per heavy atom. The van der Waals surface area contributed by atoms with Gasteiger partial charge in [-0.1, -0.05) is 12.1 Å². The van der Waals surface area contributed by atoms with E-state index in [1.807, 2.05) is 0 Å². The summed E-state index contributed by atoms with van der Waals surface area (Å²) in [6.07, 6.45) is 0. The summed E-state index contributed by atoms with van der Waals surface area (Å²) < 4.78 is 0. The summed E-state index contributed by atoms with van der Waals surface area (Å²) in [5.74, 6) is -3.00. The number of nitrogens with zero attached hydrogens (tertiary/aromatic N) is 2. The smallest absolute Gasteiger partial charge is 0.328 e. The minimum Gasteiger partial charge on any atom is -0.480 e. The van der Waals surface area contributed by atoms with E-state index in [1.165, 1.54) is 24.3 Å². The molecule has 0 saturated carbocycles. The maximum Gasteiger partial charge on any atom is 0.328 e. The number of hydrogen-bond donors (Lipinski definition) is 5. The van der Waals surface area contributed by atoms with E-state index in [-0.39, 0.29) is 22.5 Å². The van der Waals surface area contributed by atoms with Gasteiger partial charge in [-0.3, -0.25) is 14.9 Å². The number of nitrogen functional groups attached to an aromatic ring is 1. The first-order chi connectivity index (χ1) is 12.7. The van der Waals surface area contributed by atoms with Crippen LogP contribution in [0.1, 0.15) is 12.6 Å². The largest absolute Gasteiger partial charge is 0.480 e. The second kappa shape index (κ2) is 9.01. The summed E-state index contributed by atoms with van der Waals surface area (Å²) >= 11 is 2.31. The van der Waals surface area contributed by atoms with Crippen molar-refractivity contribution in [2.75, 3.05) is 18.6 Å². The highest BCUT2D eigenvalue weighted by atomic mass is 32.2. The minimum absolute atomic E-state index is 0.141. The highest BCUT2D eigenvalue weighted by Crippen LogP contribution is 2.25. The van der Waals surface area contributed by atoms with Crippen molar-refractivity contribution in [3.8, 4) is 0 Å². The molecule has 1 aromatic heterocycles. The van der Waals surface area contributed by atoms with Gasteiger partial charge in [0.25, 0.3) is 5.91 Å². The summed E-state index contributed by atoms with van der Waals surface area (Å²) in [7, 11) is 1.23. The number of carbonyl (C=O) groups excluding carboxylic acids is 1. The van der Waals surface area contributed by atoms with Gasteiger partial charge >= 0.3 is 11.9 Å². The summed E-state index contributed by atoms with van der Waals surface area (Å²) in [5.41, 5.74) is 5.46. The molecule has 1 aromatic rings. The molecular weight excluding hydrogens is 398 g/mol. The Kier molecular flexibility index (Phi) is 6.98. The number of anilines is 1. The zero-order valence-corrected chi connectivity index (χ0v) is 16.0. The monoisotopic (exact) mass is 417 g/mol. The average molecular weight is 417 g/mol. The standard InChI is InChI=1S/C14H19N5O6S2/c1-5-3-26-11(18-7(5)12(21)22)9(13(23)24)17-10(20)8(19-25-2)6-4-27-14(15)16-6/h4-5,7,9,11,18H,3H2,1-2H3,(H2,15,16)(H,17,20)(H,21,22)(H,23,24)/b19-8-/t5-,7+,9-,11-/m0/s1. The molecule has 0 aliphatic carbocycles. The Bertz CT molecular complexity index is 754. The molecule has 1 saturated heterocycles. The number of nitrogens with one attached hydrogen (secondary N) is 2. The van der Waals surface area contributed by atoms with E-state index < -0.39 is 35.3 Å². The van der Waals surface area contributed by atoms with Crippen LogP contribution in [0.4, 0.5) is 5.13 Å². The first-order valence-electron chi connectivity index (χ1n) is 7.71. The van der Waals surface area contributed by atoms with Crippen LogP contribution in [-0.4, -0.2) is 69.1 Å². The number of aromatic nitrogens is 1. The number of oxime groups is 1. The molecule has 1 aliphatic rings. The Hall–Kier alpha value is -2.38. The van der Waals surface area contributed by atoms with Crippen molar-refractivity contribution in [2.24, 2.45) is 11.1 Å². The van der Waals surface area contributed by atoms with Crippen LogP contribution in [0.25, 0.3) is 0 Å². The second-order valence-electron chi connectivity index (χ2n) is 5.70. The number of hydrogen-bond acceptors (Lipinski definition) is 10. The first kappa shape index (κ1) is 20.9. The number of carbonyl (C=O) groups is 3. The normalized spacial score (nSPS) is 24.1. The van der Waals surface area contributed by atoms with E-state index in [0.717, 1.165) is 11.3 Å². The second-order valence-corrected chi connectivity index (χ2v) is 7.76. The topological polar surface area (TPSA) is 176 Å². The average Bonchev–Trinajstić information content (AvgIpc) is 3.03. The van der Waals surface area contributed by atoms with Gasteiger partial charge in [0.1, 0.15) is 18.8 Å². The molecule has 2 heterocycles. The summed E-state index contributed by atoms with van der Waals surface area (Å²) in [6, 6.07) is -2.31. The van der Waals surface area contributed by atoms with Crippen molar-refractivity contribution in [1.29, 1.82) is 0 Å². The Balaban J connectivity index is 2.19. The fraction of sp³-hybridized carbons (Fsp3) is 0.500. The number of thiazole rings is 1. The van der Waals surface area contributed by atoms with Gasteiger partial charge in [-0.25, -0.2) is 9.78 Å². The number of rotatable bonds is 7. The van der Waals surface area contributed by atoms with Crippen LogP contribution in [0.15, 0.2) is 10.5 Å². The number of carboxylic acids is 2. The van der Waals surface area contributed by atoms with Gasteiger partial charge in [-0.2, -0.15) is 0 Å². The number of aliphatic carboxylic acids is 2. The third kappa shape index (κ3) is 5.08. The predicted molar refractivity (Wildman–Crippen MR) is 99.6 cm³/mol. The van der Waals surface area contributed by atoms with Crippen molar-refractivity contribution < 1.29 is 29.4 Å². The predicted octanol–water partition coefficient (Wildman–Crippen LogP) is -0.603. The van der Waals surface area contributed by atoms with Crippen LogP contribution in [-0.2, 0) is 19.2 Å². The molecule has 1 amide bonds. The van der Waals surface area contributed by atoms with E-state index in [1.54, 1.807) is 6.92 Å². The molecule has 0 bridgehead atoms. The maximum absolute atomic E-state index is 12.6. The molecule has 0 aromatic carbocycles. The molecule has 11 nitrogen and oxygen atoms in total. The maximum atomic E-state index is 12.6. The molecular formula is C14H19N5O6S2. The molecule has 2 rings (SSSR count). The highest BCUT2D eigenvalue weighted by Gasteiger charge is 2.40. The van der Waals surface area contributed by atoms with Gasteiger partial charge in [0.15, 0.2) is 16.9 Å². The Morgan fingerprint density at radius 1 is 1.48 bits per heavy atom. The molecule has 13 heteroatoms. The van der Waals surface area contributed by atoms with Gasteiger partial charge in [0, 0.05) is 5.38 Å². The fourth-order valence-electron chi connectivity index (χ4n) is 2.42. The number of carboxylic acid groups (broad SMARTS) is 2. The SMILES string of the molecule is CO/N=C(\C(=O)N[C@H](C(=O)O)[C@H]1N[C@@H](C(=O)O)[C@@H](C)CS1)c1csc(N)n1. The lowest BCUT2D eigenvalue weighted by Crippen LogP contribution is -2.61.